The Morgan fingerprint density at radius 2 is 2.08 bits per heavy atom. The standard InChI is InChI=1S/C19H23N3O4/c1-12(2)20-17(23)11-26-19(25)13-7-8-14-15(10-13)21-16-6-4-3-5-9-22(16)18(14)24/h7-8,10,12H,3-6,9,11H2,1-2H3,(H,20,23). The third-order valence-corrected chi connectivity index (χ3v) is 4.34. The van der Waals surface area contributed by atoms with Crippen molar-refractivity contribution in [3.8, 4) is 0 Å². The molecule has 1 aromatic carbocycles. The molecule has 7 heteroatoms. The van der Waals surface area contributed by atoms with Gasteiger partial charge in [0.15, 0.2) is 6.61 Å². The Kier molecular flexibility index (Phi) is 5.35. The Balaban J connectivity index is 1.84. The smallest absolute Gasteiger partial charge is 0.338 e. The summed E-state index contributed by atoms with van der Waals surface area (Å²) in [5.74, 6) is -0.194. The highest BCUT2D eigenvalue weighted by molar-refractivity contribution is 5.95. The number of carbonyl (C=O) groups excluding carboxylic acids is 2. The first-order valence-corrected chi connectivity index (χ1v) is 8.95. The fraction of sp³-hybridized carbons (Fsp3) is 0.474. The molecule has 26 heavy (non-hydrogen) atoms. The number of fused-ring (bicyclic) bond motifs is 2. The van der Waals surface area contributed by atoms with Crippen LogP contribution in [-0.2, 0) is 22.5 Å². The first kappa shape index (κ1) is 18.1. The summed E-state index contributed by atoms with van der Waals surface area (Å²) in [4.78, 5) is 41.1. The molecule has 0 atom stereocenters. The molecule has 0 bridgehead atoms. The Morgan fingerprint density at radius 3 is 2.85 bits per heavy atom. The molecule has 0 fully saturated rings. The van der Waals surface area contributed by atoms with Crippen molar-refractivity contribution in [2.24, 2.45) is 0 Å². The molecule has 2 heterocycles. The number of amides is 1. The van der Waals surface area contributed by atoms with Gasteiger partial charge >= 0.3 is 5.97 Å². The summed E-state index contributed by atoms with van der Waals surface area (Å²) in [6, 6.07) is 4.69. The van der Waals surface area contributed by atoms with Crippen LogP contribution in [0.3, 0.4) is 0 Å². The van der Waals surface area contributed by atoms with Crippen LogP contribution in [0.25, 0.3) is 10.9 Å². The molecule has 1 aliphatic rings. The van der Waals surface area contributed by atoms with E-state index in [0.29, 0.717) is 17.4 Å². The average Bonchev–Trinajstić information content (AvgIpc) is 2.84. The Hall–Kier alpha value is -2.70. The molecular formula is C19H23N3O4. The minimum Gasteiger partial charge on any atom is -0.452 e. The molecule has 0 aliphatic carbocycles. The highest BCUT2D eigenvalue weighted by Crippen LogP contribution is 2.16. The topological polar surface area (TPSA) is 90.3 Å². The molecule has 0 spiro atoms. The van der Waals surface area contributed by atoms with Gasteiger partial charge in [0.05, 0.1) is 16.5 Å². The van der Waals surface area contributed by atoms with Crippen molar-refractivity contribution in [3.63, 3.8) is 0 Å². The van der Waals surface area contributed by atoms with Gasteiger partial charge in [-0.2, -0.15) is 0 Å². The minimum absolute atomic E-state index is 0.0192. The molecular weight excluding hydrogens is 334 g/mol. The highest BCUT2D eigenvalue weighted by Gasteiger charge is 2.16. The first-order valence-electron chi connectivity index (χ1n) is 8.95. The van der Waals surface area contributed by atoms with Gasteiger partial charge in [-0.3, -0.25) is 14.2 Å². The molecule has 7 nitrogen and oxygen atoms in total. The van der Waals surface area contributed by atoms with E-state index in [1.54, 1.807) is 16.7 Å². The lowest BCUT2D eigenvalue weighted by Crippen LogP contribution is -2.34. The van der Waals surface area contributed by atoms with E-state index < -0.39 is 5.97 Å². The molecule has 138 valence electrons. The van der Waals surface area contributed by atoms with Crippen molar-refractivity contribution in [2.45, 2.75) is 52.1 Å². The SMILES string of the molecule is CC(C)NC(=O)COC(=O)c1ccc2c(=O)n3c(nc2c1)CCCCC3. The molecule has 0 saturated carbocycles. The second kappa shape index (κ2) is 7.68. The average molecular weight is 357 g/mol. The van der Waals surface area contributed by atoms with Gasteiger partial charge in [0.25, 0.3) is 11.5 Å². The maximum atomic E-state index is 12.7. The second-order valence-electron chi connectivity index (χ2n) is 6.83. The molecule has 0 saturated heterocycles. The first-order chi connectivity index (χ1) is 12.5. The van der Waals surface area contributed by atoms with Crippen molar-refractivity contribution in [1.29, 1.82) is 0 Å². The van der Waals surface area contributed by atoms with Gasteiger partial charge in [-0.1, -0.05) is 6.42 Å². The Morgan fingerprint density at radius 1 is 1.27 bits per heavy atom. The molecule has 0 radical (unpaired) electrons. The quantitative estimate of drug-likeness (QED) is 0.843. The molecule has 1 N–H and O–H groups in total. The number of esters is 1. The highest BCUT2D eigenvalue weighted by atomic mass is 16.5. The van der Waals surface area contributed by atoms with E-state index in [-0.39, 0.29) is 29.7 Å². The largest absolute Gasteiger partial charge is 0.452 e. The van der Waals surface area contributed by atoms with Gasteiger partial charge < -0.3 is 10.1 Å². The zero-order valence-corrected chi connectivity index (χ0v) is 15.1. The lowest BCUT2D eigenvalue weighted by molar-refractivity contribution is -0.124. The van der Waals surface area contributed by atoms with Crippen LogP contribution in [0.1, 0.15) is 49.3 Å². The number of ether oxygens (including phenoxy) is 1. The van der Waals surface area contributed by atoms with Gasteiger partial charge in [0.2, 0.25) is 0 Å². The maximum Gasteiger partial charge on any atom is 0.338 e. The van der Waals surface area contributed by atoms with Crippen LogP contribution in [0.4, 0.5) is 0 Å². The fourth-order valence-corrected chi connectivity index (χ4v) is 3.12. The Bertz CT molecular complexity index is 902. The second-order valence-corrected chi connectivity index (χ2v) is 6.83. The summed E-state index contributed by atoms with van der Waals surface area (Å²) in [7, 11) is 0. The summed E-state index contributed by atoms with van der Waals surface area (Å²) in [5.41, 5.74) is 0.702. The number of benzene rings is 1. The number of nitrogens with one attached hydrogen (secondary N) is 1. The van der Waals surface area contributed by atoms with Crippen LogP contribution in [0.15, 0.2) is 23.0 Å². The molecule has 1 aliphatic heterocycles. The summed E-state index contributed by atoms with van der Waals surface area (Å²) in [5, 5.41) is 3.14. The van der Waals surface area contributed by atoms with Crippen LogP contribution < -0.4 is 10.9 Å². The molecule has 2 aromatic rings. The van der Waals surface area contributed by atoms with E-state index in [2.05, 4.69) is 10.3 Å². The third-order valence-electron chi connectivity index (χ3n) is 4.34. The monoisotopic (exact) mass is 357 g/mol. The zero-order valence-electron chi connectivity index (χ0n) is 15.1. The van der Waals surface area contributed by atoms with E-state index >= 15 is 0 Å². The number of hydrogen-bond acceptors (Lipinski definition) is 5. The van der Waals surface area contributed by atoms with E-state index in [1.165, 1.54) is 6.07 Å². The fourth-order valence-electron chi connectivity index (χ4n) is 3.12. The number of carbonyl (C=O) groups is 2. The van der Waals surface area contributed by atoms with E-state index in [1.807, 2.05) is 13.8 Å². The number of aromatic nitrogens is 2. The lowest BCUT2D eigenvalue weighted by Gasteiger charge is -2.11. The molecule has 1 amide bonds. The van der Waals surface area contributed by atoms with Gasteiger partial charge in [0.1, 0.15) is 5.82 Å². The maximum absolute atomic E-state index is 12.7. The molecule has 0 unspecified atom stereocenters. The number of nitrogens with zero attached hydrogens (tertiary/aromatic N) is 2. The van der Waals surface area contributed by atoms with Gasteiger partial charge in [-0.25, -0.2) is 9.78 Å². The van der Waals surface area contributed by atoms with Crippen LogP contribution in [0.5, 0.6) is 0 Å². The van der Waals surface area contributed by atoms with E-state index in [9.17, 15) is 14.4 Å². The van der Waals surface area contributed by atoms with Crippen LogP contribution in [0.2, 0.25) is 0 Å². The van der Waals surface area contributed by atoms with Crippen molar-refractivity contribution in [2.75, 3.05) is 6.61 Å². The summed E-state index contributed by atoms with van der Waals surface area (Å²) >= 11 is 0. The van der Waals surface area contributed by atoms with Crippen molar-refractivity contribution >= 4 is 22.8 Å². The van der Waals surface area contributed by atoms with E-state index in [0.717, 1.165) is 31.5 Å². The van der Waals surface area contributed by atoms with Crippen LogP contribution >= 0.6 is 0 Å². The molecule has 3 rings (SSSR count). The number of rotatable bonds is 4. The van der Waals surface area contributed by atoms with Crippen molar-refractivity contribution < 1.29 is 14.3 Å². The number of hydrogen-bond donors (Lipinski definition) is 1. The lowest BCUT2D eigenvalue weighted by atomic mass is 10.1. The predicted octanol–water partition coefficient (Wildman–Crippen LogP) is 1.80. The third kappa shape index (κ3) is 3.92. The van der Waals surface area contributed by atoms with Crippen molar-refractivity contribution in [3.05, 3.63) is 39.9 Å². The van der Waals surface area contributed by atoms with E-state index in [4.69, 9.17) is 4.74 Å². The predicted molar refractivity (Wildman–Crippen MR) is 97.1 cm³/mol. The summed E-state index contributed by atoms with van der Waals surface area (Å²) < 4.78 is 6.78. The summed E-state index contributed by atoms with van der Waals surface area (Å²) in [6.45, 7) is 4.01. The zero-order chi connectivity index (χ0) is 18.7. The normalized spacial score (nSPS) is 14.0. The summed E-state index contributed by atoms with van der Waals surface area (Å²) in [6.07, 6.45) is 3.82. The van der Waals surface area contributed by atoms with Gasteiger partial charge in [-0.15, -0.1) is 0 Å². The van der Waals surface area contributed by atoms with Crippen LogP contribution in [0, 0.1) is 0 Å². The molecule has 1 aromatic heterocycles. The minimum atomic E-state index is -0.609. The van der Waals surface area contributed by atoms with Crippen LogP contribution in [-0.4, -0.2) is 34.1 Å². The number of aryl methyl sites for hydroxylation is 1. The Labute approximate surface area is 151 Å². The van der Waals surface area contributed by atoms with Crippen molar-refractivity contribution in [1.82, 2.24) is 14.9 Å². The van der Waals surface area contributed by atoms with Gasteiger partial charge in [0, 0.05) is 19.0 Å². The van der Waals surface area contributed by atoms with Gasteiger partial charge in [-0.05, 0) is 44.9 Å².